The fourth-order valence-electron chi connectivity index (χ4n) is 3.50. The molecule has 33 heavy (non-hydrogen) atoms. The average molecular weight is 460 g/mol. The van der Waals surface area contributed by atoms with E-state index in [2.05, 4.69) is 15.1 Å². The molecule has 2 aromatic heterocycles. The van der Waals surface area contributed by atoms with Crippen molar-refractivity contribution in [3.8, 4) is 22.8 Å². The van der Waals surface area contributed by atoms with Gasteiger partial charge in [0.1, 0.15) is 5.82 Å². The minimum atomic E-state index is -0.561. The minimum absolute atomic E-state index is 0.0362. The van der Waals surface area contributed by atoms with Gasteiger partial charge in [0.25, 0.3) is 11.4 Å². The number of aromatic amines is 1. The van der Waals surface area contributed by atoms with Crippen molar-refractivity contribution >= 4 is 22.7 Å². The molecule has 2 heterocycles. The lowest BCUT2D eigenvalue weighted by molar-refractivity contribution is 0.432. The van der Waals surface area contributed by atoms with Crippen molar-refractivity contribution in [2.45, 2.75) is 11.4 Å². The average Bonchev–Trinajstić information content (AvgIpc) is 3.33. The van der Waals surface area contributed by atoms with Gasteiger partial charge in [-0.2, -0.15) is 4.98 Å². The summed E-state index contributed by atoms with van der Waals surface area (Å²) in [6, 6.07) is 18.4. The van der Waals surface area contributed by atoms with Crippen molar-refractivity contribution < 1.29 is 8.91 Å². The number of aromatic nitrogens is 4. The number of fused-ring (bicyclic) bond motifs is 1. The molecule has 0 unspecified atom stereocenters. The number of hydrogen-bond acceptors (Lipinski definition) is 6. The van der Waals surface area contributed by atoms with E-state index in [0.717, 1.165) is 15.0 Å². The maximum atomic E-state index is 13.1. The maximum Gasteiger partial charge on any atom is 0.329 e. The van der Waals surface area contributed by atoms with Crippen LogP contribution in [0.15, 0.2) is 85.7 Å². The van der Waals surface area contributed by atoms with Gasteiger partial charge < -0.3 is 9.51 Å². The molecule has 7 nitrogen and oxygen atoms in total. The summed E-state index contributed by atoms with van der Waals surface area (Å²) in [7, 11) is 0. The standard InChI is InChI=1S/C24H17FN4O3S/c1-33-18-9-4-15(5-10-18)21-27-22(32-28-21)16-6-11-19-20(12-16)26-24(31)29(23(19)30)13-14-2-7-17(25)8-3-14/h2-12H,13H2,1H3,(H,26,31). The summed E-state index contributed by atoms with van der Waals surface area (Å²) < 4.78 is 19.6. The Morgan fingerprint density at radius 1 is 1.00 bits per heavy atom. The summed E-state index contributed by atoms with van der Waals surface area (Å²) in [6.07, 6.45) is 2.00. The van der Waals surface area contributed by atoms with Crippen LogP contribution >= 0.6 is 11.8 Å². The molecule has 5 aromatic rings. The molecular weight excluding hydrogens is 443 g/mol. The fraction of sp³-hybridized carbons (Fsp3) is 0.0833. The van der Waals surface area contributed by atoms with Crippen LogP contribution in [0.3, 0.4) is 0 Å². The monoisotopic (exact) mass is 460 g/mol. The first kappa shape index (κ1) is 20.9. The molecule has 1 N–H and O–H groups in total. The third-order valence-corrected chi connectivity index (χ3v) is 6.00. The maximum absolute atomic E-state index is 13.1. The van der Waals surface area contributed by atoms with Crippen LogP contribution in [0, 0.1) is 5.82 Å². The number of H-pyrrole nitrogens is 1. The number of nitrogens with zero attached hydrogens (tertiary/aromatic N) is 3. The smallest absolute Gasteiger partial charge is 0.329 e. The number of thioether (sulfide) groups is 1. The fourth-order valence-corrected chi connectivity index (χ4v) is 3.91. The molecular formula is C24H17FN4O3S. The van der Waals surface area contributed by atoms with Gasteiger partial charge in [-0.25, -0.2) is 9.18 Å². The summed E-state index contributed by atoms with van der Waals surface area (Å²) >= 11 is 1.64. The molecule has 0 aliphatic heterocycles. The lowest BCUT2D eigenvalue weighted by Gasteiger charge is -2.07. The van der Waals surface area contributed by atoms with E-state index < -0.39 is 11.2 Å². The van der Waals surface area contributed by atoms with Gasteiger partial charge in [0.15, 0.2) is 0 Å². The number of rotatable bonds is 5. The third-order valence-electron chi connectivity index (χ3n) is 5.26. The minimum Gasteiger partial charge on any atom is -0.334 e. The molecule has 0 fully saturated rings. The number of hydrogen-bond donors (Lipinski definition) is 1. The Labute approximate surface area is 190 Å². The molecule has 0 saturated carbocycles. The van der Waals surface area contributed by atoms with Gasteiger partial charge in [0.2, 0.25) is 5.82 Å². The van der Waals surface area contributed by atoms with E-state index in [4.69, 9.17) is 4.52 Å². The van der Waals surface area contributed by atoms with E-state index >= 15 is 0 Å². The number of nitrogens with one attached hydrogen (secondary N) is 1. The SMILES string of the molecule is CSc1ccc(-c2noc(-c3ccc4c(=O)n(Cc5ccc(F)cc5)c(=O)[nH]c4c3)n2)cc1. The summed E-state index contributed by atoms with van der Waals surface area (Å²) in [5.41, 5.74) is 1.40. The second kappa shape index (κ2) is 8.51. The largest absolute Gasteiger partial charge is 0.334 e. The number of halogens is 1. The predicted octanol–water partition coefficient (Wildman–Crippen LogP) is 4.32. The van der Waals surface area contributed by atoms with Gasteiger partial charge in [-0.1, -0.05) is 17.3 Å². The van der Waals surface area contributed by atoms with Crippen LogP contribution in [-0.4, -0.2) is 25.9 Å². The van der Waals surface area contributed by atoms with Crippen LogP contribution in [0.1, 0.15) is 5.56 Å². The van der Waals surface area contributed by atoms with Crippen molar-refractivity contribution in [3.63, 3.8) is 0 Å². The van der Waals surface area contributed by atoms with Gasteiger partial charge in [-0.05, 0) is 66.4 Å². The van der Waals surface area contributed by atoms with Crippen molar-refractivity contribution in [2.75, 3.05) is 6.26 Å². The summed E-state index contributed by atoms with van der Waals surface area (Å²) in [4.78, 5) is 33.8. The Kier molecular flexibility index (Phi) is 5.39. The summed E-state index contributed by atoms with van der Waals surface area (Å²) in [6.45, 7) is 0.0362. The lowest BCUT2D eigenvalue weighted by Crippen LogP contribution is -2.35. The third kappa shape index (κ3) is 4.10. The van der Waals surface area contributed by atoms with Crippen molar-refractivity contribution in [1.29, 1.82) is 0 Å². The van der Waals surface area contributed by atoms with Crippen LogP contribution in [0.5, 0.6) is 0 Å². The van der Waals surface area contributed by atoms with Gasteiger partial charge in [0.05, 0.1) is 17.4 Å². The highest BCUT2D eigenvalue weighted by atomic mass is 32.2. The number of benzene rings is 3. The Hall–Kier alpha value is -3.98. The molecule has 3 aromatic carbocycles. The Balaban J connectivity index is 1.49. The normalized spacial score (nSPS) is 11.2. The summed E-state index contributed by atoms with van der Waals surface area (Å²) in [5, 5.41) is 4.38. The van der Waals surface area contributed by atoms with Crippen molar-refractivity contribution in [1.82, 2.24) is 19.7 Å². The molecule has 0 amide bonds. The molecule has 0 saturated heterocycles. The zero-order valence-electron chi connectivity index (χ0n) is 17.4. The zero-order valence-corrected chi connectivity index (χ0v) is 18.2. The van der Waals surface area contributed by atoms with Crippen LogP contribution in [0.4, 0.5) is 4.39 Å². The van der Waals surface area contributed by atoms with E-state index in [1.807, 2.05) is 30.5 Å². The van der Waals surface area contributed by atoms with Crippen LogP contribution in [0.2, 0.25) is 0 Å². The van der Waals surface area contributed by atoms with Gasteiger partial charge in [-0.15, -0.1) is 11.8 Å². The molecule has 0 spiro atoms. The quantitative estimate of drug-likeness (QED) is 0.393. The van der Waals surface area contributed by atoms with E-state index in [9.17, 15) is 14.0 Å². The molecule has 164 valence electrons. The first-order valence-electron chi connectivity index (χ1n) is 10.0. The van der Waals surface area contributed by atoms with E-state index in [0.29, 0.717) is 27.9 Å². The topological polar surface area (TPSA) is 93.8 Å². The van der Waals surface area contributed by atoms with Crippen molar-refractivity contribution in [3.05, 3.63) is 98.9 Å². The molecule has 0 aliphatic carbocycles. The Morgan fingerprint density at radius 2 is 1.73 bits per heavy atom. The first-order chi connectivity index (χ1) is 16.0. The highest BCUT2D eigenvalue weighted by Gasteiger charge is 2.14. The van der Waals surface area contributed by atoms with Crippen LogP contribution < -0.4 is 11.2 Å². The first-order valence-corrected chi connectivity index (χ1v) is 11.2. The van der Waals surface area contributed by atoms with Crippen LogP contribution in [0.25, 0.3) is 33.7 Å². The highest BCUT2D eigenvalue weighted by molar-refractivity contribution is 7.98. The summed E-state index contributed by atoms with van der Waals surface area (Å²) in [5.74, 6) is 0.338. The highest BCUT2D eigenvalue weighted by Crippen LogP contribution is 2.25. The van der Waals surface area contributed by atoms with Gasteiger partial charge in [0, 0.05) is 16.0 Å². The second-order valence-electron chi connectivity index (χ2n) is 7.36. The molecule has 5 rings (SSSR count). The molecule has 9 heteroatoms. The van der Waals surface area contributed by atoms with E-state index in [1.54, 1.807) is 30.0 Å². The van der Waals surface area contributed by atoms with Crippen molar-refractivity contribution in [2.24, 2.45) is 0 Å². The Bertz CT molecular complexity index is 1570. The van der Waals surface area contributed by atoms with Gasteiger partial charge in [-0.3, -0.25) is 9.36 Å². The Morgan fingerprint density at radius 3 is 2.45 bits per heavy atom. The molecule has 0 aliphatic rings. The van der Waals surface area contributed by atoms with E-state index in [1.165, 1.54) is 24.3 Å². The molecule has 0 atom stereocenters. The van der Waals surface area contributed by atoms with E-state index in [-0.39, 0.29) is 18.3 Å². The molecule has 0 radical (unpaired) electrons. The molecule has 0 bridgehead atoms. The lowest BCUT2D eigenvalue weighted by atomic mass is 10.1. The zero-order chi connectivity index (χ0) is 22.9. The second-order valence-corrected chi connectivity index (χ2v) is 8.24. The predicted molar refractivity (Wildman–Crippen MR) is 125 cm³/mol. The van der Waals surface area contributed by atoms with Gasteiger partial charge >= 0.3 is 5.69 Å². The van der Waals surface area contributed by atoms with Crippen LogP contribution in [-0.2, 0) is 6.54 Å².